The second kappa shape index (κ2) is 6.55. The number of nitrogens with zero attached hydrogens (tertiary/aromatic N) is 1. The van der Waals surface area contributed by atoms with Crippen LogP contribution in [-0.4, -0.2) is 17.0 Å². The second-order valence-electron chi connectivity index (χ2n) is 6.74. The number of nitrogens with two attached hydrogens (primary N) is 1. The third-order valence-electron chi connectivity index (χ3n) is 4.55. The maximum absolute atomic E-state index is 10.2. The molecule has 0 fully saturated rings. The minimum absolute atomic E-state index is 0.185. The topological polar surface area (TPSA) is 49.2 Å². The van der Waals surface area contributed by atoms with Gasteiger partial charge in [0, 0.05) is 12.3 Å². The number of phenols is 1. The number of hydrogen-bond acceptors (Lipinski definition) is 2. The Bertz CT molecular complexity index is 704. The highest BCUT2D eigenvalue weighted by molar-refractivity contribution is 6.01. The van der Waals surface area contributed by atoms with E-state index in [0.29, 0.717) is 11.7 Å². The van der Waals surface area contributed by atoms with Gasteiger partial charge in [0.05, 0.1) is 11.3 Å². The fraction of sp³-hybridized carbons (Fsp3) is 0.350. The fourth-order valence-corrected chi connectivity index (χ4v) is 3.11. The molecule has 2 aromatic carbocycles. The lowest BCUT2D eigenvalue weighted by atomic mass is 9.93. The Morgan fingerprint density at radius 2 is 1.78 bits per heavy atom. The quantitative estimate of drug-likeness (QED) is 0.899. The highest BCUT2D eigenvalue weighted by Gasteiger charge is 2.31. The number of aliphatic imine (C=N–C) groups is 1. The van der Waals surface area contributed by atoms with Crippen LogP contribution >= 0.6 is 0 Å². The molecule has 3 rings (SSSR count). The molecule has 3 N–H and O–H groups in total. The lowest BCUT2D eigenvalue weighted by Crippen LogP contribution is -2.93. The van der Waals surface area contributed by atoms with Crippen molar-refractivity contribution in [3.8, 4) is 5.75 Å². The Kier molecular flexibility index (Phi) is 4.49. The van der Waals surface area contributed by atoms with Crippen LogP contribution in [0.2, 0.25) is 0 Å². The second-order valence-corrected chi connectivity index (χ2v) is 6.74. The van der Waals surface area contributed by atoms with Crippen molar-refractivity contribution < 1.29 is 10.4 Å². The first-order valence-corrected chi connectivity index (χ1v) is 8.31. The molecule has 120 valence electrons. The number of phenolic OH excluding ortho intramolecular Hbond substituents is 1. The van der Waals surface area contributed by atoms with E-state index in [1.165, 1.54) is 11.1 Å². The third kappa shape index (κ3) is 3.45. The minimum atomic E-state index is 0.185. The van der Waals surface area contributed by atoms with E-state index in [1.54, 1.807) is 6.07 Å². The highest BCUT2D eigenvalue weighted by Crippen LogP contribution is 2.27. The molecule has 0 saturated carbocycles. The van der Waals surface area contributed by atoms with Crippen LogP contribution in [0.4, 0.5) is 0 Å². The molecule has 0 aromatic heterocycles. The lowest BCUT2D eigenvalue weighted by Gasteiger charge is -2.29. The maximum Gasteiger partial charge on any atom is 0.182 e. The summed E-state index contributed by atoms with van der Waals surface area (Å²) in [5.41, 5.74) is 4.58. The van der Waals surface area contributed by atoms with Gasteiger partial charge in [-0.2, -0.15) is 0 Å². The van der Waals surface area contributed by atoms with Crippen LogP contribution in [0.5, 0.6) is 5.75 Å². The number of aromatic hydroxyl groups is 1. The van der Waals surface area contributed by atoms with Gasteiger partial charge < -0.3 is 10.4 Å². The Labute approximate surface area is 138 Å². The predicted octanol–water partition coefficient (Wildman–Crippen LogP) is 3.18. The van der Waals surface area contributed by atoms with Crippen molar-refractivity contribution in [1.29, 1.82) is 0 Å². The summed E-state index contributed by atoms with van der Waals surface area (Å²) in [6.07, 6.45) is 1.02. The number of aryl methyl sites for hydroxylation is 1. The molecular formula is C20H25N2O+. The van der Waals surface area contributed by atoms with Gasteiger partial charge in [0.2, 0.25) is 0 Å². The van der Waals surface area contributed by atoms with Crippen LogP contribution in [0.15, 0.2) is 53.5 Å². The standard InChI is InChI=1S/C20H24N2O/c1-13(2)20-21-17(15-10-8-14(3)9-11-15)12-18(22-20)16-6-4-5-7-19(16)23/h4-11,13,18,20,22-23H,12H2,1-3H3/p+1/t18-,20-/m1/s1. The molecule has 0 saturated heterocycles. The van der Waals surface area contributed by atoms with E-state index in [0.717, 1.165) is 17.7 Å². The van der Waals surface area contributed by atoms with Gasteiger partial charge in [-0.1, -0.05) is 55.8 Å². The van der Waals surface area contributed by atoms with Gasteiger partial charge >= 0.3 is 0 Å². The summed E-state index contributed by atoms with van der Waals surface area (Å²) in [6.45, 7) is 6.50. The van der Waals surface area contributed by atoms with Crippen molar-refractivity contribution in [2.75, 3.05) is 0 Å². The SMILES string of the molecule is Cc1ccc(C2=N[C@@H](C(C)C)[NH2+][C@@H](c3ccccc3O)C2)cc1. The predicted molar refractivity (Wildman–Crippen MR) is 93.7 cm³/mol. The Hall–Kier alpha value is -2.13. The normalized spacial score (nSPS) is 21.3. The van der Waals surface area contributed by atoms with E-state index in [4.69, 9.17) is 4.99 Å². The van der Waals surface area contributed by atoms with Crippen LogP contribution < -0.4 is 5.32 Å². The molecule has 3 nitrogen and oxygen atoms in total. The van der Waals surface area contributed by atoms with Gasteiger partial charge in [0.15, 0.2) is 6.17 Å². The van der Waals surface area contributed by atoms with Gasteiger partial charge in [-0.15, -0.1) is 0 Å². The minimum Gasteiger partial charge on any atom is -0.507 e. The molecule has 0 spiro atoms. The van der Waals surface area contributed by atoms with E-state index < -0.39 is 0 Å². The summed E-state index contributed by atoms with van der Waals surface area (Å²) < 4.78 is 0. The zero-order valence-corrected chi connectivity index (χ0v) is 14.0. The number of benzene rings is 2. The van der Waals surface area contributed by atoms with E-state index >= 15 is 0 Å². The van der Waals surface area contributed by atoms with Crippen LogP contribution in [0.3, 0.4) is 0 Å². The molecule has 3 heteroatoms. The molecule has 0 amide bonds. The zero-order valence-electron chi connectivity index (χ0n) is 14.0. The van der Waals surface area contributed by atoms with Crippen molar-refractivity contribution in [1.82, 2.24) is 0 Å². The summed E-state index contributed by atoms with van der Waals surface area (Å²) in [6, 6.07) is 16.4. The summed E-state index contributed by atoms with van der Waals surface area (Å²) in [7, 11) is 0. The van der Waals surface area contributed by atoms with Gasteiger partial charge in [-0.05, 0) is 24.6 Å². The Morgan fingerprint density at radius 1 is 1.09 bits per heavy atom. The van der Waals surface area contributed by atoms with Crippen LogP contribution in [0.1, 0.15) is 43.0 Å². The van der Waals surface area contributed by atoms with E-state index in [9.17, 15) is 5.11 Å². The van der Waals surface area contributed by atoms with Crippen molar-refractivity contribution in [3.05, 3.63) is 65.2 Å². The number of hydrogen-bond donors (Lipinski definition) is 2. The molecule has 0 bridgehead atoms. The van der Waals surface area contributed by atoms with Crippen molar-refractivity contribution in [2.45, 2.75) is 39.4 Å². The number of quaternary nitrogens is 1. The number of para-hydroxylation sites is 1. The third-order valence-corrected chi connectivity index (χ3v) is 4.55. The van der Waals surface area contributed by atoms with Crippen LogP contribution in [-0.2, 0) is 0 Å². The van der Waals surface area contributed by atoms with Gasteiger partial charge in [-0.25, -0.2) is 4.99 Å². The van der Waals surface area contributed by atoms with Crippen LogP contribution in [0, 0.1) is 12.8 Å². The van der Waals surface area contributed by atoms with E-state index in [1.807, 2.05) is 18.2 Å². The first-order valence-electron chi connectivity index (χ1n) is 8.31. The van der Waals surface area contributed by atoms with Gasteiger partial charge in [-0.3, -0.25) is 0 Å². The summed E-state index contributed by atoms with van der Waals surface area (Å²) in [5.74, 6) is 0.825. The highest BCUT2D eigenvalue weighted by atomic mass is 16.3. The molecule has 2 aromatic rings. The molecule has 1 aliphatic rings. The van der Waals surface area contributed by atoms with Crippen molar-refractivity contribution in [2.24, 2.45) is 10.9 Å². The monoisotopic (exact) mass is 309 g/mol. The van der Waals surface area contributed by atoms with Crippen molar-refractivity contribution >= 4 is 5.71 Å². The molecule has 23 heavy (non-hydrogen) atoms. The largest absolute Gasteiger partial charge is 0.507 e. The summed E-state index contributed by atoms with van der Waals surface area (Å²) >= 11 is 0. The first kappa shape index (κ1) is 15.8. The smallest absolute Gasteiger partial charge is 0.182 e. The maximum atomic E-state index is 10.2. The zero-order chi connectivity index (χ0) is 16.4. The Morgan fingerprint density at radius 3 is 2.43 bits per heavy atom. The van der Waals surface area contributed by atoms with E-state index in [2.05, 4.69) is 50.4 Å². The Balaban J connectivity index is 1.96. The summed E-state index contributed by atoms with van der Waals surface area (Å²) in [4.78, 5) is 4.97. The van der Waals surface area contributed by atoms with Gasteiger partial charge in [0.1, 0.15) is 11.8 Å². The first-order chi connectivity index (χ1) is 11.0. The molecule has 2 atom stereocenters. The molecule has 0 aliphatic carbocycles. The molecule has 1 aliphatic heterocycles. The molecular weight excluding hydrogens is 284 g/mol. The molecule has 1 heterocycles. The molecule has 0 radical (unpaired) electrons. The average molecular weight is 309 g/mol. The fourth-order valence-electron chi connectivity index (χ4n) is 3.11. The van der Waals surface area contributed by atoms with Gasteiger partial charge in [0.25, 0.3) is 0 Å². The summed E-state index contributed by atoms with van der Waals surface area (Å²) in [5, 5.41) is 12.5. The molecule has 0 unspecified atom stereocenters. The number of rotatable bonds is 3. The van der Waals surface area contributed by atoms with Crippen molar-refractivity contribution in [3.63, 3.8) is 0 Å². The van der Waals surface area contributed by atoms with Crippen LogP contribution in [0.25, 0.3) is 0 Å². The lowest BCUT2D eigenvalue weighted by molar-refractivity contribution is -0.733. The van der Waals surface area contributed by atoms with E-state index in [-0.39, 0.29) is 12.2 Å². The average Bonchev–Trinajstić information content (AvgIpc) is 2.55.